The van der Waals surface area contributed by atoms with Crippen LogP contribution in [0.25, 0.3) is 0 Å². The number of phenols is 1. The molecule has 0 radical (unpaired) electrons. The van der Waals surface area contributed by atoms with Crippen LogP contribution in [-0.4, -0.2) is 25.2 Å². The Bertz CT molecular complexity index is 673. The van der Waals surface area contributed by atoms with Gasteiger partial charge in [-0.2, -0.15) is 0 Å². The number of carbonyl (C=O) groups excluding carboxylic acids is 1. The second-order valence-corrected chi connectivity index (χ2v) is 5.04. The number of phenolic OH excluding ortho intramolecular Hbond substituents is 1. The molecule has 2 aromatic rings. The third-order valence-electron chi connectivity index (χ3n) is 2.86. The van der Waals surface area contributed by atoms with Gasteiger partial charge in [0.1, 0.15) is 17.2 Å². The van der Waals surface area contributed by atoms with E-state index in [9.17, 15) is 9.90 Å². The van der Waals surface area contributed by atoms with Crippen LogP contribution in [0.5, 0.6) is 17.2 Å². The highest BCUT2D eigenvalue weighted by atomic mass is 79.9. The Morgan fingerprint density at radius 2 is 1.90 bits per heavy atom. The molecule has 0 aliphatic carbocycles. The van der Waals surface area contributed by atoms with Crippen LogP contribution in [0.2, 0.25) is 0 Å². The zero-order valence-electron chi connectivity index (χ0n) is 11.5. The van der Waals surface area contributed by atoms with Crippen molar-refractivity contribution in [3.8, 4) is 17.2 Å². The number of nitrogens with one attached hydrogen (secondary N) is 1. The highest BCUT2D eigenvalue weighted by Gasteiger charge is 2.13. The minimum absolute atomic E-state index is 0.143. The van der Waals surface area contributed by atoms with Crippen LogP contribution in [0.4, 0.5) is 5.69 Å². The molecule has 0 spiro atoms. The summed E-state index contributed by atoms with van der Waals surface area (Å²) in [6.45, 7) is 0. The topological polar surface area (TPSA) is 67.8 Å². The Labute approximate surface area is 130 Å². The predicted octanol–water partition coefficient (Wildman–Crippen LogP) is 3.42. The Morgan fingerprint density at radius 3 is 2.52 bits per heavy atom. The lowest BCUT2D eigenvalue weighted by atomic mass is 10.1. The van der Waals surface area contributed by atoms with Gasteiger partial charge >= 0.3 is 0 Å². The van der Waals surface area contributed by atoms with E-state index in [0.29, 0.717) is 17.2 Å². The number of halogens is 1. The maximum Gasteiger partial charge on any atom is 0.259 e. The Hall–Kier alpha value is -2.21. The molecule has 0 aromatic heterocycles. The molecule has 0 bridgehead atoms. The van der Waals surface area contributed by atoms with Crippen LogP contribution in [0.1, 0.15) is 10.4 Å². The lowest BCUT2D eigenvalue weighted by Crippen LogP contribution is -2.12. The van der Waals surface area contributed by atoms with Crippen molar-refractivity contribution in [3.63, 3.8) is 0 Å². The maximum absolute atomic E-state index is 12.2. The standard InChI is InChI=1S/C15H14BrNO4/c1-20-10-4-5-11(13(18)8-10)15(19)17-9-3-6-12(16)14(7-9)21-2/h3-8,18H,1-2H3,(H,17,19). The monoisotopic (exact) mass is 351 g/mol. The predicted molar refractivity (Wildman–Crippen MR) is 83.3 cm³/mol. The zero-order chi connectivity index (χ0) is 15.4. The van der Waals surface area contributed by atoms with Crippen molar-refractivity contribution in [2.45, 2.75) is 0 Å². The molecule has 0 aliphatic heterocycles. The highest BCUT2D eigenvalue weighted by Crippen LogP contribution is 2.29. The minimum Gasteiger partial charge on any atom is -0.507 e. The molecular weight excluding hydrogens is 338 g/mol. The summed E-state index contributed by atoms with van der Waals surface area (Å²) in [4.78, 5) is 12.2. The van der Waals surface area contributed by atoms with E-state index in [1.165, 1.54) is 19.2 Å². The molecule has 0 fully saturated rings. The number of aromatic hydroxyl groups is 1. The first-order valence-corrected chi connectivity index (χ1v) is 6.86. The van der Waals surface area contributed by atoms with Crippen LogP contribution in [-0.2, 0) is 0 Å². The number of hydrogen-bond acceptors (Lipinski definition) is 4. The van der Waals surface area contributed by atoms with E-state index in [4.69, 9.17) is 9.47 Å². The second-order valence-electron chi connectivity index (χ2n) is 4.19. The first-order chi connectivity index (χ1) is 10.0. The molecule has 0 heterocycles. The molecule has 2 aromatic carbocycles. The number of amides is 1. The van der Waals surface area contributed by atoms with Gasteiger partial charge in [0, 0.05) is 17.8 Å². The van der Waals surface area contributed by atoms with Gasteiger partial charge < -0.3 is 19.9 Å². The Morgan fingerprint density at radius 1 is 1.14 bits per heavy atom. The van der Waals surface area contributed by atoms with Crippen molar-refractivity contribution >= 4 is 27.5 Å². The molecule has 110 valence electrons. The molecule has 0 atom stereocenters. The normalized spacial score (nSPS) is 10.0. The fourth-order valence-corrected chi connectivity index (χ4v) is 2.17. The molecule has 0 unspecified atom stereocenters. The van der Waals surface area contributed by atoms with E-state index < -0.39 is 5.91 Å². The number of rotatable bonds is 4. The third-order valence-corrected chi connectivity index (χ3v) is 3.51. The summed E-state index contributed by atoms with van der Waals surface area (Å²) in [5, 5.41) is 12.5. The highest BCUT2D eigenvalue weighted by molar-refractivity contribution is 9.10. The lowest BCUT2D eigenvalue weighted by Gasteiger charge is -2.10. The number of ether oxygens (including phenoxy) is 2. The molecule has 2 rings (SSSR count). The summed E-state index contributed by atoms with van der Waals surface area (Å²) in [6, 6.07) is 9.67. The van der Waals surface area contributed by atoms with Crippen molar-refractivity contribution in [2.75, 3.05) is 19.5 Å². The van der Waals surface area contributed by atoms with E-state index in [-0.39, 0.29) is 11.3 Å². The van der Waals surface area contributed by atoms with Crippen LogP contribution < -0.4 is 14.8 Å². The Balaban J connectivity index is 2.22. The van der Waals surface area contributed by atoms with E-state index >= 15 is 0 Å². The summed E-state index contributed by atoms with van der Waals surface area (Å²) >= 11 is 3.34. The summed E-state index contributed by atoms with van der Waals surface area (Å²) in [5.41, 5.74) is 0.730. The fourth-order valence-electron chi connectivity index (χ4n) is 1.77. The molecule has 5 nitrogen and oxygen atoms in total. The van der Waals surface area contributed by atoms with Gasteiger partial charge in [0.25, 0.3) is 5.91 Å². The summed E-state index contributed by atoms with van der Waals surface area (Å²) < 4.78 is 10.9. The lowest BCUT2D eigenvalue weighted by molar-refractivity contribution is 0.102. The van der Waals surface area contributed by atoms with Crippen molar-refractivity contribution in [1.29, 1.82) is 0 Å². The number of carbonyl (C=O) groups is 1. The molecule has 6 heteroatoms. The third kappa shape index (κ3) is 3.46. The first kappa shape index (κ1) is 15.2. The average molecular weight is 352 g/mol. The molecule has 0 saturated carbocycles. The van der Waals surface area contributed by atoms with Crippen LogP contribution in [0.3, 0.4) is 0 Å². The Kier molecular flexibility index (Phi) is 4.70. The van der Waals surface area contributed by atoms with Gasteiger partial charge in [0.15, 0.2) is 0 Å². The minimum atomic E-state index is -0.417. The maximum atomic E-state index is 12.2. The van der Waals surface area contributed by atoms with Crippen molar-refractivity contribution in [3.05, 3.63) is 46.4 Å². The quantitative estimate of drug-likeness (QED) is 0.885. The summed E-state index contributed by atoms with van der Waals surface area (Å²) in [6.07, 6.45) is 0. The van der Waals surface area contributed by atoms with Gasteiger partial charge in [0.2, 0.25) is 0 Å². The molecular formula is C15H14BrNO4. The van der Waals surface area contributed by atoms with Crippen molar-refractivity contribution < 1.29 is 19.4 Å². The van der Waals surface area contributed by atoms with Gasteiger partial charge in [-0.15, -0.1) is 0 Å². The van der Waals surface area contributed by atoms with Gasteiger partial charge in [-0.25, -0.2) is 0 Å². The van der Waals surface area contributed by atoms with Gasteiger partial charge in [-0.1, -0.05) is 0 Å². The fraction of sp³-hybridized carbons (Fsp3) is 0.133. The molecule has 0 aliphatic rings. The smallest absolute Gasteiger partial charge is 0.259 e. The number of anilines is 1. The number of methoxy groups -OCH3 is 2. The van der Waals surface area contributed by atoms with Crippen LogP contribution in [0, 0.1) is 0 Å². The van der Waals surface area contributed by atoms with E-state index in [0.717, 1.165) is 4.47 Å². The van der Waals surface area contributed by atoms with Crippen molar-refractivity contribution in [1.82, 2.24) is 0 Å². The molecule has 0 saturated heterocycles. The van der Waals surface area contributed by atoms with Gasteiger partial charge in [0.05, 0.1) is 24.3 Å². The summed E-state index contributed by atoms with van der Waals surface area (Å²) in [5.74, 6) is 0.525. The number of hydrogen-bond donors (Lipinski definition) is 2. The SMILES string of the molecule is COc1ccc(C(=O)Nc2ccc(Br)c(OC)c2)c(O)c1. The zero-order valence-corrected chi connectivity index (χ0v) is 13.1. The van der Waals surface area contributed by atoms with Gasteiger partial charge in [-0.3, -0.25) is 4.79 Å². The largest absolute Gasteiger partial charge is 0.507 e. The van der Waals surface area contributed by atoms with E-state index in [1.807, 2.05) is 0 Å². The van der Waals surface area contributed by atoms with Crippen LogP contribution >= 0.6 is 15.9 Å². The first-order valence-electron chi connectivity index (χ1n) is 6.07. The van der Waals surface area contributed by atoms with Crippen molar-refractivity contribution in [2.24, 2.45) is 0 Å². The molecule has 2 N–H and O–H groups in total. The summed E-state index contributed by atoms with van der Waals surface area (Å²) in [7, 11) is 3.03. The average Bonchev–Trinajstić information content (AvgIpc) is 2.48. The molecule has 21 heavy (non-hydrogen) atoms. The second kappa shape index (κ2) is 6.49. The van der Waals surface area contributed by atoms with Gasteiger partial charge in [-0.05, 0) is 40.2 Å². The number of benzene rings is 2. The van der Waals surface area contributed by atoms with Crippen LogP contribution in [0.15, 0.2) is 40.9 Å². The van der Waals surface area contributed by atoms with E-state index in [1.54, 1.807) is 31.4 Å². The van der Waals surface area contributed by atoms with E-state index in [2.05, 4.69) is 21.2 Å². The molecule has 1 amide bonds.